The lowest BCUT2D eigenvalue weighted by Gasteiger charge is -2.17. The van der Waals surface area contributed by atoms with Crippen molar-refractivity contribution >= 4 is 34.8 Å². The molecule has 2 heterocycles. The maximum absolute atomic E-state index is 5.69. The van der Waals surface area contributed by atoms with Crippen LogP contribution in [0.25, 0.3) is 0 Å². The van der Waals surface area contributed by atoms with Crippen LogP contribution in [0, 0.1) is 0 Å². The van der Waals surface area contributed by atoms with E-state index in [1.165, 1.54) is 0 Å². The summed E-state index contributed by atoms with van der Waals surface area (Å²) in [5.41, 5.74) is 2.05. The Hall–Kier alpha value is -0.0900. The van der Waals surface area contributed by atoms with E-state index in [4.69, 9.17) is 34.8 Å². The fraction of sp³-hybridized carbons (Fsp3) is 0.500. The summed E-state index contributed by atoms with van der Waals surface area (Å²) in [5.74, 6) is 0.241. The smallest absolute Gasteiger partial charge is 0.250 e. The molecular weight excluding hydrogens is 244 g/mol. The molecule has 76 valence electrons. The fourth-order valence-electron chi connectivity index (χ4n) is 1.37. The number of nitrogens with one attached hydrogen (secondary N) is 1. The first-order valence-corrected chi connectivity index (χ1v) is 5.33. The number of halogens is 3. The van der Waals surface area contributed by atoms with Crippen molar-refractivity contribution < 1.29 is 0 Å². The summed E-state index contributed by atoms with van der Waals surface area (Å²) in [7, 11) is 0. The zero-order valence-corrected chi connectivity index (χ0v) is 9.49. The van der Waals surface area contributed by atoms with Gasteiger partial charge in [0.2, 0.25) is 3.79 Å². The first-order chi connectivity index (χ1) is 6.57. The second-order valence-electron chi connectivity index (χ2n) is 3.09. The Balaban J connectivity index is 2.39. The average Bonchev–Trinajstić information content (AvgIpc) is 2.16. The number of aromatic nitrogens is 2. The zero-order valence-electron chi connectivity index (χ0n) is 7.23. The van der Waals surface area contributed by atoms with Gasteiger partial charge < -0.3 is 5.32 Å². The third-order valence-electron chi connectivity index (χ3n) is 2.07. The summed E-state index contributed by atoms with van der Waals surface area (Å²) < 4.78 is -1.54. The second-order valence-corrected chi connectivity index (χ2v) is 5.37. The SMILES string of the molecule is ClC(Cl)(Cl)c1ncc2c(n1)CNCC2. The van der Waals surface area contributed by atoms with Crippen molar-refractivity contribution in [2.75, 3.05) is 6.54 Å². The van der Waals surface area contributed by atoms with E-state index in [-0.39, 0.29) is 5.82 Å². The molecule has 0 bridgehead atoms. The molecule has 1 aliphatic heterocycles. The molecule has 6 heteroatoms. The number of rotatable bonds is 0. The minimum atomic E-state index is -1.54. The lowest BCUT2D eigenvalue weighted by atomic mass is 10.1. The van der Waals surface area contributed by atoms with Gasteiger partial charge in [0.15, 0.2) is 5.82 Å². The summed E-state index contributed by atoms with van der Waals surface area (Å²) in [6.07, 6.45) is 2.66. The van der Waals surface area contributed by atoms with Crippen LogP contribution in [0.5, 0.6) is 0 Å². The van der Waals surface area contributed by atoms with Crippen molar-refractivity contribution in [3.05, 3.63) is 23.3 Å². The Labute approximate surface area is 96.8 Å². The molecule has 0 aliphatic carbocycles. The topological polar surface area (TPSA) is 37.8 Å². The minimum absolute atomic E-state index is 0.241. The molecule has 2 rings (SSSR count). The summed E-state index contributed by atoms with van der Waals surface area (Å²) in [6.45, 7) is 1.66. The molecule has 0 saturated heterocycles. The van der Waals surface area contributed by atoms with Crippen molar-refractivity contribution in [1.82, 2.24) is 15.3 Å². The number of fused-ring (bicyclic) bond motifs is 1. The van der Waals surface area contributed by atoms with Crippen LogP contribution in [0.4, 0.5) is 0 Å². The van der Waals surface area contributed by atoms with Gasteiger partial charge in [0.25, 0.3) is 0 Å². The highest BCUT2D eigenvalue weighted by atomic mass is 35.6. The van der Waals surface area contributed by atoms with Crippen molar-refractivity contribution in [1.29, 1.82) is 0 Å². The van der Waals surface area contributed by atoms with Crippen molar-refractivity contribution in [2.45, 2.75) is 16.8 Å². The van der Waals surface area contributed by atoms with Gasteiger partial charge in [0.1, 0.15) is 0 Å². The Morgan fingerprint density at radius 1 is 1.36 bits per heavy atom. The predicted octanol–water partition coefficient (Wildman–Crippen LogP) is 1.95. The zero-order chi connectivity index (χ0) is 10.2. The average molecular weight is 253 g/mol. The van der Waals surface area contributed by atoms with E-state index in [1.54, 1.807) is 6.20 Å². The predicted molar refractivity (Wildman–Crippen MR) is 56.7 cm³/mol. The Kier molecular flexibility index (Phi) is 2.84. The summed E-state index contributed by atoms with van der Waals surface area (Å²) in [6, 6.07) is 0. The van der Waals surface area contributed by atoms with Crippen LogP contribution in [-0.4, -0.2) is 16.5 Å². The van der Waals surface area contributed by atoms with Gasteiger partial charge >= 0.3 is 0 Å². The third kappa shape index (κ3) is 2.11. The molecule has 0 unspecified atom stereocenters. The van der Waals surface area contributed by atoms with Gasteiger partial charge in [-0.15, -0.1) is 0 Å². The molecule has 0 atom stereocenters. The molecule has 0 amide bonds. The standard InChI is InChI=1S/C8H8Cl3N3/c9-8(10,11)7-13-3-5-1-2-12-4-6(5)14-7/h3,12H,1-2,4H2. The molecule has 0 radical (unpaired) electrons. The highest BCUT2D eigenvalue weighted by Gasteiger charge is 2.27. The first kappa shape index (κ1) is 10.4. The van der Waals surface area contributed by atoms with Crippen LogP contribution in [0.2, 0.25) is 0 Å². The molecule has 14 heavy (non-hydrogen) atoms. The van der Waals surface area contributed by atoms with Crippen LogP contribution in [0.15, 0.2) is 6.20 Å². The highest BCUT2D eigenvalue weighted by molar-refractivity contribution is 6.66. The van der Waals surface area contributed by atoms with Gasteiger partial charge in [-0.05, 0) is 18.5 Å². The van der Waals surface area contributed by atoms with Crippen LogP contribution in [0.3, 0.4) is 0 Å². The van der Waals surface area contributed by atoms with Gasteiger partial charge in [-0.3, -0.25) is 0 Å². The fourth-order valence-corrected chi connectivity index (χ4v) is 1.64. The van der Waals surface area contributed by atoms with Crippen LogP contribution < -0.4 is 5.32 Å². The quantitative estimate of drug-likeness (QED) is 0.717. The van der Waals surface area contributed by atoms with Crippen LogP contribution in [-0.2, 0) is 16.8 Å². The molecule has 1 aromatic heterocycles. The minimum Gasteiger partial charge on any atom is -0.311 e. The maximum atomic E-state index is 5.69. The van der Waals surface area contributed by atoms with E-state index in [1.807, 2.05) is 0 Å². The first-order valence-electron chi connectivity index (χ1n) is 4.20. The Bertz CT molecular complexity index is 348. The monoisotopic (exact) mass is 251 g/mol. The van der Waals surface area contributed by atoms with Crippen molar-refractivity contribution in [2.24, 2.45) is 0 Å². The molecular formula is C8H8Cl3N3. The number of hydrogen-bond donors (Lipinski definition) is 1. The summed E-state index contributed by atoms with van der Waals surface area (Å²) in [5, 5.41) is 3.20. The van der Waals surface area contributed by atoms with Crippen LogP contribution in [0.1, 0.15) is 17.1 Å². The molecule has 0 saturated carbocycles. The second kappa shape index (κ2) is 3.81. The van der Waals surface area contributed by atoms with E-state index in [0.29, 0.717) is 6.54 Å². The lowest BCUT2D eigenvalue weighted by Crippen LogP contribution is -2.26. The number of alkyl halides is 3. The van der Waals surface area contributed by atoms with Gasteiger partial charge in [0.05, 0.1) is 5.69 Å². The normalized spacial score (nSPS) is 16.5. The number of nitrogens with zero attached hydrogens (tertiary/aromatic N) is 2. The van der Waals surface area contributed by atoms with Gasteiger partial charge in [0, 0.05) is 12.7 Å². The highest BCUT2D eigenvalue weighted by Crippen LogP contribution is 2.35. The van der Waals surface area contributed by atoms with Gasteiger partial charge in [-0.1, -0.05) is 34.8 Å². The van der Waals surface area contributed by atoms with Crippen molar-refractivity contribution in [3.63, 3.8) is 0 Å². The molecule has 1 aliphatic rings. The van der Waals surface area contributed by atoms with E-state index in [2.05, 4.69) is 15.3 Å². The summed E-state index contributed by atoms with van der Waals surface area (Å²) in [4.78, 5) is 8.24. The third-order valence-corrected chi connectivity index (χ3v) is 2.58. The molecule has 1 N–H and O–H groups in total. The van der Waals surface area contributed by atoms with E-state index < -0.39 is 3.79 Å². The largest absolute Gasteiger partial charge is 0.311 e. The van der Waals surface area contributed by atoms with E-state index in [0.717, 1.165) is 24.2 Å². The van der Waals surface area contributed by atoms with E-state index in [9.17, 15) is 0 Å². The maximum Gasteiger partial charge on any atom is 0.250 e. The molecule has 0 fully saturated rings. The number of hydrogen-bond acceptors (Lipinski definition) is 3. The molecule has 1 aromatic rings. The lowest BCUT2D eigenvalue weighted by molar-refractivity contribution is 0.617. The van der Waals surface area contributed by atoms with Crippen LogP contribution >= 0.6 is 34.8 Å². The van der Waals surface area contributed by atoms with E-state index >= 15 is 0 Å². The van der Waals surface area contributed by atoms with Gasteiger partial charge in [-0.2, -0.15) is 0 Å². The molecule has 3 nitrogen and oxygen atoms in total. The molecule has 0 aromatic carbocycles. The molecule has 0 spiro atoms. The Morgan fingerprint density at radius 3 is 2.86 bits per heavy atom. The Morgan fingerprint density at radius 2 is 2.14 bits per heavy atom. The van der Waals surface area contributed by atoms with Crippen molar-refractivity contribution in [3.8, 4) is 0 Å². The van der Waals surface area contributed by atoms with Gasteiger partial charge in [-0.25, -0.2) is 9.97 Å². The summed E-state index contributed by atoms with van der Waals surface area (Å²) >= 11 is 17.1.